The first-order valence-electron chi connectivity index (χ1n) is 10.3. The zero-order valence-corrected chi connectivity index (χ0v) is 20.9. The van der Waals surface area contributed by atoms with Gasteiger partial charge in [-0.15, -0.1) is 11.5 Å². The summed E-state index contributed by atoms with van der Waals surface area (Å²) < 4.78 is 5.33. The zero-order valence-electron chi connectivity index (χ0n) is 18.9. The van der Waals surface area contributed by atoms with Crippen molar-refractivity contribution < 1.29 is 9.53 Å². The van der Waals surface area contributed by atoms with Crippen LogP contribution in [0, 0.1) is 22.8 Å². The summed E-state index contributed by atoms with van der Waals surface area (Å²) in [5.74, 6) is 3.41. The first-order chi connectivity index (χ1) is 12.9. The standard InChI is InChI=1S/C24H36O2Si2/c1-9-26-23(25)21-20(22(21)27(4,5)6)18-24(2,3)16-13-17-28(7,8)19-14-11-10-12-15-19/h10-12,14-15,21H,9,16,18H2,1-8H3/t21-/m1/s1. The molecule has 0 unspecified atom stereocenters. The van der Waals surface area contributed by atoms with Crippen LogP contribution in [0.2, 0.25) is 32.7 Å². The molecule has 0 spiro atoms. The van der Waals surface area contributed by atoms with E-state index >= 15 is 0 Å². The van der Waals surface area contributed by atoms with E-state index in [1.54, 1.807) is 0 Å². The van der Waals surface area contributed by atoms with Gasteiger partial charge < -0.3 is 4.74 Å². The maximum absolute atomic E-state index is 12.4. The van der Waals surface area contributed by atoms with Gasteiger partial charge in [0, 0.05) is 6.42 Å². The SMILES string of the molecule is CCOC(=O)[C@@H]1C(CC(C)(C)CC#C[Si](C)(C)c2ccccc2)=C1[Si](C)(C)C. The van der Waals surface area contributed by atoms with Crippen molar-refractivity contribution >= 4 is 27.3 Å². The molecule has 0 saturated carbocycles. The van der Waals surface area contributed by atoms with E-state index < -0.39 is 16.1 Å². The first-order valence-corrected chi connectivity index (χ1v) is 16.8. The van der Waals surface area contributed by atoms with Crippen LogP contribution < -0.4 is 5.19 Å². The Morgan fingerprint density at radius 1 is 1.11 bits per heavy atom. The second kappa shape index (κ2) is 8.43. The summed E-state index contributed by atoms with van der Waals surface area (Å²) in [5.41, 5.74) is 5.01. The van der Waals surface area contributed by atoms with Crippen molar-refractivity contribution in [2.45, 2.75) is 66.3 Å². The molecule has 0 amide bonds. The smallest absolute Gasteiger partial charge is 0.316 e. The molecule has 152 valence electrons. The monoisotopic (exact) mass is 412 g/mol. The maximum atomic E-state index is 12.4. The number of hydrogen-bond donors (Lipinski definition) is 0. The van der Waals surface area contributed by atoms with Crippen molar-refractivity contribution in [2.24, 2.45) is 11.3 Å². The lowest BCUT2D eigenvalue weighted by Gasteiger charge is -2.21. The third-order valence-electron chi connectivity index (χ3n) is 5.36. The van der Waals surface area contributed by atoms with E-state index in [1.807, 2.05) is 6.92 Å². The molecular formula is C24H36O2Si2. The van der Waals surface area contributed by atoms with Crippen LogP contribution >= 0.6 is 0 Å². The highest BCUT2D eigenvalue weighted by atomic mass is 28.3. The first kappa shape index (κ1) is 22.7. The Morgan fingerprint density at radius 2 is 1.71 bits per heavy atom. The molecule has 1 aliphatic carbocycles. The average molecular weight is 413 g/mol. The van der Waals surface area contributed by atoms with Gasteiger partial charge in [-0.3, -0.25) is 4.79 Å². The van der Waals surface area contributed by atoms with Gasteiger partial charge in [-0.05, 0) is 23.9 Å². The van der Waals surface area contributed by atoms with E-state index in [0.29, 0.717) is 6.61 Å². The topological polar surface area (TPSA) is 26.3 Å². The van der Waals surface area contributed by atoms with Crippen molar-refractivity contribution in [1.29, 1.82) is 0 Å². The third-order valence-corrected chi connectivity index (χ3v) is 10.2. The predicted octanol–water partition coefficient (Wildman–Crippen LogP) is 5.32. The summed E-state index contributed by atoms with van der Waals surface area (Å²) in [5, 5.41) is 2.79. The molecule has 0 N–H and O–H groups in total. The third kappa shape index (κ3) is 5.71. The molecule has 1 atom stereocenters. The lowest BCUT2D eigenvalue weighted by atomic mass is 9.84. The Bertz CT molecular complexity index is 802. The van der Waals surface area contributed by atoms with Gasteiger partial charge in [-0.1, -0.05) is 87.7 Å². The molecule has 4 heteroatoms. The Balaban J connectivity index is 2.09. The van der Waals surface area contributed by atoms with Crippen LogP contribution in [0.3, 0.4) is 0 Å². The van der Waals surface area contributed by atoms with Gasteiger partial charge in [0.2, 0.25) is 0 Å². The summed E-state index contributed by atoms with van der Waals surface area (Å²) in [6, 6.07) is 10.7. The van der Waals surface area contributed by atoms with Crippen molar-refractivity contribution in [3.8, 4) is 11.5 Å². The van der Waals surface area contributed by atoms with Gasteiger partial charge in [0.1, 0.15) is 0 Å². The van der Waals surface area contributed by atoms with E-state index in [0.717, 1.165) is 12.8 Å². The molecule has 0 aromatic heterocycles. The normalized spacial score (nSPS) is 17.1. The number of hydrogen-bond acceptors (Lipinski definition) is 2. The molecule has 1 aliphatic rings. The highest BCUT2D eigenvalue weighted by Crippen LogP contribution is 2.51. The lowest BCUT2D eigenvalue weighted by molar-refractivity contribution is -0.144. The van der Waals surface area contributed by atoms with E-state index in [9.17, 15) is 4.79 Å². The minimum Gasteiger partial charge on any atom is -0.465 e. The molecule has 1 aromatic rings. The Labute approximate surface area is 173 Å². The molecule has 0 fully saturated rings. The summed E-state index contributed by atoms with van der Waals surface area (Å²) >= 11 is 0. The fourth-order valence-electron chi connectivity index (χ4n) is 3.87. The summed E-state index contributed by atoms with van der Waals surface area (Å²) in [7, 11) is -3.23. The van der Waals surface area contributed by atoms with Gasteiger partial charge in [0.05, 0.1) is 20.6 Å². The number of carbonyl (C=O) groups is 1. The van der Waals surface area contributed by atoms with Crippen molar-refractivity contribution in [2.75, 3.05) is 6.61 Å². The number of rotatable bonds is 7. The van der Waals surface area contributed by atoms with E-state index in [-0.39, 0.29) is 17.3 Å². The number of esters is 1. The zero-order chi connectivity index (χ0) is 21.2. The quantitative estimate of drug-likeness (QED) is 0.344. The van der Waals surface area contributed by atoms with Gasteiger partial charge in [-0.25, -0.2) is 0 Å². The fraction of sp³-hybridized carbons (Fsp3) is 0.542. The van der Waals surface area contributed by atoms with Crippen LogP contribution in [-0.4, -0.2) is 28.7 Å². The molecule has 0 radical (unpaired) electrons. The van der Waals surface area contributed by atoms with Crippen LogP contribution in [-0.2, 0) is 9.53 Å². The number of carbonyl (C=O) groups excluding carboxylic acids is 1. The van der Waals surface area contributed by atoms with Crippen LogP contribution in [0.5, 0.6) is 0 Å². The van der Waals surface area contributed by atoms with Crippen molar-refractivity contribution in [3.05, 3.63) is 41.1 Å². The highest BCUT2D eigenvalue weighted by molar-refractivity contribution is 6.96. The van der Waals surface area contributed by atoms with Gasteiger partial charge in [0.15, 0.2) is 8.07 Å². The predicted molar refractivity (Wildman–Crippen MR) is 125 cm³/mol. The van der Waals surface area contributed by atoms with Crippen LogP contribution in [0.25, 0.3) is 0 Å². The molecule has 0 bridgehead atoms. The molecule has 2 nitrogen and oxygen atoms in total. The minimum absolute atomic E-state index is 0.0468. The largest absolute Gasteiger partial charge is 0.465 e. The molecule has 0 heterocycles. The van der Waals surface area contributed by atoms with Gasteiger partial charge >= 0.3 is 5.97 Å². The second-order valence-electron chi connectivity index (χ2n) is 10.2. The van der Waals surface area contributed by atoms with Crippen molar-refractivity contribution in [1.82, 2.24) is 0 Å². The molecule has 0 saturated heterocycles. The Kier molecular flexibility index (Phi) is 6.83. The van der Waals surface area contributed by atoms with Gasteiger partial charge in [0.25, 0.3) is 0 Å². The summed E-state index contributed by atoms with van der Waals surface area (Å²) in [6.45, 7) is 18.5. The van der Waals surface area contributed by atoms with Gasteiger partial charge in [-0.2, -0.15) is 0 Å². The van der Waals surface area contributed by atoms with E-state index in [1.165, 1.54) is 16.0 Å². The minimum atomic E-state index is -1.73. The summed E-state index contributed by atoms with van der Waals surface area (Å²) in [4.78, 5) is 12.4. The maximum Gasteiger partial charge on any atom is 0.316 e. The highest BCUT2D eigenvalue weighted by Gasteiger charge is 2.50. The molecule has 0 aliphatic heterocycles. The fourth-order valence-corrected chi connectivity index (χ4v) is 7.86. The van der Waals surface area contributed by atoms with Crippen molar-refractivity contribution in [3.63, 3.8) is 0 Å². The lowest BCUT2D eigenvalue weighted by Crippen LogP contribution is -2.40. The van der Waals surface area contributed by atoms with E-state index in [2.05, 4.69) is 88.4 Å². The van der Waals surface area contributed by atoms with Crippen LogP contribution in [0.4, 0.5) is 0 Å². The molecular weight excluding hydrogens is 376 g/mol. The molecule has 28 heavy (non-hydrogen) atoms. The average Bonchev–Trinajstić information content (AvgIpc) is 3.29. The van der Waals surface area contributed by atoms with E-state index in [4.69, 9.17) is 4.74 Å². The Morgan fingerprint density at radius 3 is 2.25 bits per heavy atom. The van der Waals surface area contributed by atoms with Crippen LogP contribution in [0.15, 0.2) is 41.1 Å². The molecule has 1 aromatic carbocycles. The number of benzene rings is 1. The van der Waals surface area contributed by atoms with Crippen LogP contribution in [0.1, 0.15) is 33.6 Å². The Hall–Kier alpha value is -1.58. The molecule has 2 rings (SSSR count). The number of ether oxygens (including phenoxy) is 1. The second-order valence-corrected chi connectivity index (χ2v) is 19.3. The summed E-state index contributed by atoms with van der Waals surface area (Å²) in [6.07, 6.45) is 1.80.